The van der Waals surface area contributed by atoms with E-state index in [1.807, 2.05) is 6.20 Å². The van der Waals surface area contributed by atoms with Gasteiger partial charge in [-0.15, -0.1) is 0 Å². The highest BCUT2D eigenvalue weighted by molar-refractivity contribution is 5.14. The fourth-order valence-corrected chi connectivity index (χ4v) is 2.41. The van der Waals surface area contributed by atoms with Gasteiger partial charge in [0.2, 0.25) is 0 Å². The van der Waals surface area contributed by atoms with E-state index in [1.54, 1.807) is 0 Å². The van der Waals surface area contributed by atoms with Gasteiger partial charge in [0.05, 0.1) is 6.20 Å². The summed E-state index contributed by atoms with van der Waals surface area (Å²) in [6.07, 6.45) is 7.77. The number of hydrogen-bond donors (Lipinski definition) is 3. The smallest absolute Gasteiger partial charge is 0.0522 e. The predicted molar refractivity (Wildman–Crippen MR) is 65.3 cm³/mol. The molecule has 0 amide bonds. The van der Waals surface area contributed by atoms with Gasteiger partial charge in [-0.1, -0.05) is 0 Å². The van der Waals surface area contributed by atoms with Crippen LogP contribution in [-0.2, 0) is 6.42 Å². The highest BCUT2D eigenvalue weighted by atomic mass is 15.1. The van der Waals surface area contributed by atoms with Gasteiger partial charge in [-0.3, -0.25) is 5.10 Å². The Bertz CT molecular complexity index is 321. The molecule has 0 bridgehead atoms. The average Bonchev–Trinajstić information content (AvgIpc) is 2.83. The van der Waals surface area contributed by atoms with E-state index in [0.29, 0.717) is 12.1 Å². The summed E-state index contributed by atoms with van der Waals surface area (Å²) in [5.41, 5.74) is 8.41. The molecule has 1 saturated carbocycles. The predicted octanol–water partition coefficient (Wildman–Crippen LogP) is 1.12. The summed E-state index contributed by atoms with van der Waals surface area (Å²) in [6.45, 7) is 3.16. The Morgan fingerprint density at radius 1 is 1.56 bits per heavy atom. The molecule has 0 aromatic carbocycles. The van der Waals surface area contributed by atoms with Crippen molar-refractivity contribution < 1.29 is 0 Å². The quantitative estimate of drug-likeness (QED) is 0.654. The van der Waals surface area contributed by atoms with E-state index in [1.165, 1.54) is 30.5 Å². The van der Waals surface area contributed by atoms with Gasteiger partial charge in [0.25, 0.3) is 0 Å². The summed E-state index contributed by atoms with van der Waals surface area (Å²) in [5.74, 6) is 0. The summed E-state index contributed by atoms with van der Waals surface area (Å²) in [7, 11) is 0. The van der Waals surface area contributed by atoms with Crippen molar-refractivity contribution in [2.24, 2.45) is 5.73 Å². The first-order valence-electron chi connectivity index (χ1n) is 6.23. The standard InChI is InChI=1S/C12H22N4/c1-9-10(8-15-16-9)3-2-6-14-12-5-4-11(13)7-12/h8,11-12,14H,2-7,13H2,1H3,(H,15,16). The van der Waals surface area contributed by atoms with Crippen LogP contribution in [0.3, 0.4) is 0 Å². The minimum Gasteiger partial charge on any atom is -0.328 e. The maximum atomic E-state index is 5.87. The molecule has 0 spiro atoms. The maximum absolute atomic E-state index is 5.87. The molecule has 0 radical (unpaired) electrons. The van der Waals surface area contributed by atoms with Gasteiger partial charge in [0.1, 0.15) is 0 Å². The molecular weight excluding hydrogens is 200 g/mol. The number of nitrogens with one attached hydrogen (secondary N) is 2. The summed E-state index contributed by atoms with van der Waals surface area (Å²) in [6, 6.07) is 1.08. The van der Waals surface area contributed by atoms with Crippen molar-refractivity contribution in [2.75, 3.05) is 6.54 Å². The van der Waals surface area contributed by atoms with Gasteiger partial charge in [-0.2, -0.15) is 5.10 Å². The highest BCUT2D eigenvalue weighted by Crippen LogP contribution is 2.17. The zero-order chi connectivity index (χ0) is 11.4. The fraction of sp³-hybridized carbons (Fsp3) is 0.750. The normalized spacial score (nSPS) is 25.1. The maximum Gasteiger partial charge on any atom is 0.0522 e. The summed E-state index contributed by atoms with van der Waals surface area (Å²) in [5, 5.41) is 10.6. The summed E-state index contributed by atoms with van der Waals surface area (Å²) in [4.78, 5) is 0. The number of nitrogens with zero attached hydrogens (tertiary/aromatic N) is 1. The van der Waals surface area contributed by atoms with E-state index in [2.05, 4.69) is 22.4 Å². The molecule has 1 aliphatic rings. The number of aromatic nitrogens is 2. The molecule has 16 heavy (non-hydrogen) atoms. The molecule has 0 aliphatic heterocycles. The number of hydrogen-bond acceptors (Lipinski definition) is 3. The Morgan fingerprint density at radius 3 is 3.06 bits per heavy atom. The summed E-state index contributed by atoms with van der Waals surface area (Å²) < 4.78 is 0. The van der Waals surface area contributed by atoms with Crippen molar-refractivity contribution in [3.05, 3.63) is 17.5 Å². The van der Waals surface area contributed by atoms with Crippen LogP contribution in [0.1, 0.15) is 36.9 Å². The van der Waals surface area contributed by atoms with E-state index in [4.69, 9.17) is 5.73 Å². The van der Waals surface area contributed by atoms with E-state index >= 15 is 0 Å². The Labute approximate surface area is 97.0 Å². The Morgan fingerprint density at radius 2 is 2.44 bits per heavy atom. The lowest BCUT2D eigenvalue weighted by Gasteiger charge is -2.11. The third-order valence-electron chi connectivity index (χ3n) is 3.46. The molecule has 2 rings (SSSR count). The SMILES string of the molecule is Cc1[nH]ncc1CCCNC1CCC(N)C1. The van der Waals surface area contributed by atoms with Crippen LogP contribution < -0.4 is 11.1 Å². The van der Waals surface area contributed by atoms with Crippen LogP contribution in [0.25, 0.3) is 0 Å². The van der Waals surface area contributed by atoms with E-state index < -0.39 is 0 Å². The van der Waals surface area contributed by atoms with Crippen LogP contribution in [0.4, 0.5) is 0 Å². The number of H-pyrrole nitrogens is 1. The molecule has 4 nitrogen and oxygen atoms in total. The second kappa shape index (κ2) is 5.46. The van der Waals surface area contributed by atoms with Gasteiger partial charge in [0, 0.05) is 17.8 Å². The van der Waals surface area contributed by atoms with Crippen LogP contribution in [-0.4, -0.2) is 28.8 Å². The first kappa shape index (κ1) is 11.6. The zero-order valence-electron chi connectivity index (χ0n) is 10.00. The second-order valence-corrected chi connectivity index (χ2v) is 4.85. The highest BCUT2D eigenvalue weighted by Gasteiger charge is 2.20. The largest absolute Gasteiger partial charge is 0.328 e. The molecule has 1 heterocycles. The molecule has 0 saturated heterocycles. The number of aryl methyl sites for hydroxylation is 2. The Balaban J connectivity index is 1.60. The first-order valence-corrected chi connectivity index (χ1v) is 6.23. The van der Waals surface area contributed by atoms with E-state index in [-0.39, 0.29) is 0 Å². The van der Waals surface area contributed by atoms with Crippen molar-refractivity contribution in [1.82, 2.24) is 15.5 Å². The van der Waals surface area contributed by atoms with Crippen molar-refractivity contribution in [1.29, 1.82) is 0 Å². The van der Waals surface area contributed by atoms with Crippen LogP contribution in [0.15, 0.2) is 6.20 Å². The average molecular weight is 222 g/mol. The third-order valence-corrected chi connectivity index (χ3v) is 3.46. The number of aromatic amines is 1. The molecule has 2 atom stereocenters. The van der Waals surface area contributed by atoms with Crippen LogP contribution in [0, 0.1) is 6.92 Å². The molecule has 1 aromatic rings. The lowest BCUT2D eigenvalue weighted by Crippen LogP contribution is -2.29. The molecule has 2 unspecified atom stereocenters. The molecule has 4 heteroatoms. The monoisotopic (exact) mass is 222 g/mol. The third kappa shape index (κ3) is 3.06. The zero-order valence-corrected chi connectivity index (χ0v) is 10.00. The molecule has 4 N–H and O–H groups in total. The number of rotatable bonds is 5. The Hall–Kier alpha value is -0.870. The number of nitrogens with two attached hydrogens (primary N) is 1. The molecule has 1 aromatic heterocycles. The lowest BCUT2D eigenvalue weighted by atomic mass is 10.1. The minimum absolute atomic E-state index is 0.425. The molecule has 1 aliphatic carbocycles. The van der Waals surface area contributed by atoms with Gasteiger partial charge in [-0.05, 0) is 51.1 Å². The van der Waals surface area contributed by atoms with Crippen molar-refractivity contribution in [3.63, 3.8) is 0 Å². The summed E-state index contributed by atoms with van der Waals surface area (Å²) >= 11 is 0. The van der Waals surface area contributed by atoms with Crippen LogP contribution >= 0.6 is 0 Å². The van der Waals surface area contributed by atoms with Crippen LogP contribution in [0.2, 0.25) is 0 Å². The van der Waals surface area contributed by atoms with Gasteiger partial charge >= 0.3 is 0 Å². The minimum atomic E-state index is 0.425. The topological polar surface area (TPSA) is 66.7 Å². The van der Waals surface area contributed by atoms with E-state index in [0.717, 1.165) is 19.4 Å². The first-order chi connectivity index (χ1) is 7.75. The molecule has 90 valence electrons. The molecule has 1 fully saturated rings. The molecular formula is C12H22N4. The van der Waals surface area contributed by atoms with Crippen molar-refractivity contribution >= 4 is 0 Å². The van der Waals surface area contributed by atoms with E-state index in [9.17, 15) is 0 Å². The second-order valence-electron chi connectivity index (χ2n) is 4.85. The van der Waals surface area contributed by atoms with Gasteiger partial charge < -0.3 is 11.1 Å². The van der Waals surface area contributed by atoms with Crippen molar-refractivity contribution in [2.45, 2.75) is 51.1 Å². The van der Waals surface area contributed by atoms with Crippen molar-refractivity contribution in [3.8, 4) is 0 Å². The van der Waals surface area contributed by atoms with Gasteiger partial charge in [-0.25, -0.2) is 0 Å². The van der Waals surface area contributed by atoms with Gasteiger partial charge in [0.15, 0.2) is 0 Å². The lowest BCUT2D eigenvalue weighted by molar-refractivity contribution is 0.508. The fourth-order valence-electron chi connectivity index (χ4n) is 2.41. The van der Waals surface area contributed by atoms with Crippen LogP contribution in [0.5, 0.6) is 0 Å². The Kier molecular flexibility index (Phi) is 3.96.